The van der Waals surface area contributed by atoms with Gasteiger partial charge in [0.15, 0.2) is 0 Å². The molecule has 3 nitrogen and oxygen atoms in total. The highest BCUT2D eigenvalue weighted by atomic mass is 16.3. The maximum atomic E-state index is 5.52. The first-order chi connectivity index (χ1) is 7.74. The lowest BCUT2D eigenvalue weighted by Crippen LogP contribution is -2.39. The summed E-state index contributed by atoms with van der Waals surface area (Å²) in [4.78, 5) is 0. The van der Waals surface area contributed by atoms with Crippen LogP contribution < -0.4 is 10.6 Å². The average Bonchev–Trinajstić information content (AvgIpc) is 2.64. The van der Waals surface area contributed by atoms with Crippen LogP contribution in [0.4, 0.5) is 0 Å². The maximum absolute atomic E-state index is 5.52. The lowest BCUT2D eigenvalue weighted by atomic mass is 9.93. The van der Waals surface area contributed by atoms with Crippen LogP contribution in [0.15, 0.2) is 16.5 Å². The average molecular weight is 222 g/mol. The maximum Gasteiger partial charge on any atom is 0.117 e. The van der Waals surface area contributed by atoms with Gasteiger partial charge in [0.2, 0.25) is 0 Å². The summed E-state index contributed by atoms with van der Waals surface area (Å²) in [6.45, 7) is 7.37. The quantitative estimate of drug-likeness (QED) is 0.819. The van der Waals surface area contributed by atoms with Crippen LogP contribution in [0.2, 0.25) is 0 Å². The molecule has 2 atom stereocenters. The summed E-state index contributed by atoms with van der Waals surface area (Å²) in [5.74, 6) is 2.85. The molecule has 2 N–H and O–H groups in total. The van der Waals surface area contributed by atoms with Crippen molar-refractivity contribution in [1.82, 2.24) is 10.6 Å². The predicted octanol–water partition coefficient (Wildman–Crippen LogP) is 2.07. The molecule has 2 unspecified atom stereocenters. The van der Waals surface area contributed by atoms with Crippen LogP contribution in [0.3, 0.4) is 0 Å². The molecule has 0 bridgehead atoms. The summed E-state index contributed by atoms with van der Waals surface area (Å²) in [7, 11) is 0. The monoisotopic (exact) mass is 222 g/mol. The molecule has 1 fully saturated rings. The van der Waals surface area contributed by atoms with Crippen LogP contribution in [0.5, 0.6) is 0 Å². The molecular formula is C13H22N2O. The van der Waals surface area contributed by atoms with Gasteiger partial charge in [0, 0.05) is 6.04 Å². The van der Waals surface area contributed by atoms with Crippen LogP contribution in [0.1, 0.15) is 31.3 Å². The molecule has 3 heteroatoms. The SMILES string of the molecule is Cc1ccc(CNCC2CCNC(C)C2)o1. The van der Waals surface area contributed by atoms with Crippen LogP contribution in [0.25, 0.3) is 0 Å². The van der Waals surface area contributed by atoms with Crippen molar-refractivity contribution >= 4 is 0 Å². The van der Waals surface area contributed by atoms with Crippen molar-refractivity contribution in [2.45, 2.75) is 39.3 Å². The molecule has 0 spiro atoms. The van der Waals surface area contributed by atoms with E-state index in [1.54, 1.807) is 0 Å². The second-order valence-electron chi connectivity index (χ2n) is 4.89. The van der Waals surface area contributed by atoms with Crippen LogP contribution in [-0.2, 0) is 6.54 Å². The Hall–Kier alpha value is -0.800. The number of piperidine rings is 1. The molecule has 0 saturated carbocycles. The normalized spacial score (nSPS) is 25.9. The zero-order valence-corrected chi connectivity index (χ0v) is 10.3. The number of nitrogens with one attached hydrogen (secondary N) is 2. The van der Waals surface area contributed by atoms with Crippen molar-refractivity contribution in [3.8, 4) is 0 Å². The first-order valence-electron chi connectivity index (χ1n) is 6.23. The second-order valence-corrected chi connectivity index (χ2v) is 4.89. The molecule has 1 aromatic heterocycles. The van der Waals surface area contributed by atoms with E-state index < -0.39 is 0 Å². The fourth-order valence-corrected chi connectivity index (χ4v) is 2.40. The molecular weight excluding hydrogens is 200 g/mol. The topological polar surface area (TPSA) is 37.2 Å². The molecule has 90 valence electrons. The van der Waals surface area contributed by atoms with Crippen molar-refractivity contribution in [3.63, 3.8) is 0 Å². The van der Waals surface area contributed by atoms with E-state index in [4.69, 9.17) is 4.42 Å². The third kappa shape index (κ3) is 3.35. The minimum atomic E-state index is 0.673. The number of aryl methyl sites for hydroxylation is 1. The van der Waals surface area contributed by atoms with E-state index in [2.05, 4.69) is 17.6 Å². The van der Waals surface area contributed by atoms with E-state index in [1.807, 2.05) is 19.1 Å². The molecule has 2 heterocycles. The Labute approximate surface area is 97.6 Å². The van der Waals surface area contributed by atoms with Gasteiger partial charge in [-0.05, 0) is 57.8 Å². The minimum absolute atomic E-state index is 0.673. The van der Waals surface area contributed by atoms with E-state index in [9.17, 15) is 0 Å². The van der Waals surface area contributed by atoms with Gasteiger partial charge >= 0.3 is 0 Å². The molecule has 1 aromatic rings. The van der Waals surface area contributed by atoms with Gasteiger partial charge in [-0.25, -0.2) is 0 Å². The molecule has 0 aromatic carbocycles. The number of hydrogen-bond donors (Lipinski definition) is 2. The second kappa shape index (κ2) is 5.51. The summed E-state index contributed by atoms with van der Waals surface area (Å²) < 4.78 is 5.52. The Bertz CT molecular complexity index is 321. The molecule has 1 saturated heterocycles. The van der Waals surface area contributed by atoms with Crippen molar-refractivity contribution in [3.05, 3.63) is 23.7 Å². The van der Waals surface area contributed by atoms with Crippen molar-refractivity contribution in [2.75, 3.05) is 13.1 Å². The summed E-state index contributed by atoms with van der Waals surface area (Å²) in [6.07, 6.45) is 2.57. The fourth-order valence-electron chi connectivity index (χ4n) is 2.40. The molecule has 1 aliphatic rings. The zero-order chi connectivity index (χ0) is 11.4. The first-order valence-corrected chi connectivity index (χ1v) is 6.23. The van der Waals surface area contributed by atoms with E-state index in [0.29, 0.717) is 6.04 Å². The highest BCUT2D eigenvalue weighted by Crippen LogP contribution is 2.15. The van der Waals surface area contributed by atoms with Gasteiger partial charge in [-0.15, -0.1) is 0 Å². The Morgan fingerprint density at radius 2 is 2.38 bits per heavy atom. The van der Waals surface area contributed by atoms with Crippen LogP contribution in [0, 0.1) is 12.8 Å². The van der Waals surface area contributed by atoms with Crippen molar-refractivity contribution in [2.24, 2.45) is 5.92 Å². The Morgan fingerprint density at radius 3 is 3.06 bits per heavy atom. The molecule has 2 rings (SSSR count). The number of hydrogen-bond acceptors (Lipinski definition) is 3. The zero-order valence-electron chi connectivity index (χ0n) is 10.3. The largest absolute Gasteiger partial charge is 0.465 e. The number of furan rings is 1. The predicted molar refractivity (Wildman–Crippen MR) is 65.3 cm³/mol. The Balaban J connectivity index is 1.67. The van der Waals surface area contributed by atoms with Gasteiger partial charge in [0.05, 0.1) is 6.54 Å². The summed E-state index contributed by atoms with van der Waals surface area (Å²) in [5.41, 5.74) is 0. The molecule has 16 heavy (non-hydrogen) atoms. The molecule has 0 aliphatic carbocycles. The molecule has 0 radical (unpaired) electrons. The Morgan fingerprint density at radius 1 is 1.50 bits per heavy atom. The smallest absolute Gasteiger partial charge is 0.117 e. The van der Waals surface area contributed by atoms with E-state index in [-0.39, 0.29) is 0 Å². The fraction of sp³-hybridized carbons (Fsp3) is 0.692. The highest BCUT2D eigenvalue weighted by molar-refractivity contribution is 5.05. The van der Waals surface area contributed by atoms with Crippen molar-refractivity contribution < 1.29 is 4.42 Å². The van der Waals surface area contributed by atoms with Crippen molar-refractivity contribution in [1.29, 1.82) is 0 Å². The van der Waals surface area contributed by atoms with Gasteiger partial charge < -0.3 is 15.1 Å². The molecule has 1 aliphatic heterocycles. The number of rotatable bonds is 4. The molecule has 0 amide bonds. The Kier molecular flexibility index (Phi) is 4.02. The third-order valence-electron chi connectivity index (χ3n) is 3.26. The summed E-state index contributed by atoms with van der Waals surface area (Å²) in [5, 5.41) is 6.96. The van der Waals surface area contributed by atoms with Gasteiger partial charge in [-0.3, -0.25) is 0 Å². The van der Waals surface area contributed by atoms with E-state index >= 15 is 0 Å². The van der Waals surface area contributed by atoms with Gasteiger partial charge in [0.25, 0.3) is 0 Å². The lowest BCUT2D eigenvalue weighted by molar-refractivity contribution is 0.301. The van der Waals surface area contributed by atoms with Gasteiger partial charge in [-0.1, -0.05) is 0 Å². The first kappa shape index (κ1) is 11.7. The lowest BCUT2D eigenvalue weighted by Gasteiger charge is -2.28. The standard InChI is InChI=1S/C13H22N2O/c1-10-7-12(5-6-15-10)8-14-9-13-4-3-11(2)16-13/h3-4,10,12,14-15H,5-9H2,1-2H3. The summed E-state index contributed by atoms with van der Waals surface area (Å²) in [6, 6.07) is 4.74. The minimum Gasteiger partial charge on any atom is -0.465 e. The van der Waals surface area contributed by atoms with Gasteiger partial charge in [-0.2, -0.15) is 0 Å². The summed E-state index contributed by atoms with van der Waals surface area (Å²) >= 11 is 0. The third-order valence-corrected chi connectivity index (χ3v) is 3.26. The van der Waals surface area contributed by atoms with Crippen LogP contribution >= 0.6 is 0 Å². The van der Waals surface area contributed by atoms with Gasteiger partial charge in [0.1, 0.15) is 11.5 Å². The highest BCUT2D eigenvalue weighted by Gasteiger charge is 2.17. The van der Waals surface area contributed by atoms with Crippen LogP contribution in [-0.4, -0.2) is 19.1 Å². The van der Waals surface area contributed by atoms with E-state index in [1.165, 1.54) is 12.8 Å². The van der Waals surface area contributed by atoms with E-state index in [0.717, 1.165) is 37.1 Å².